The van der Waals surface area contributed by atoms with Crippen LogP contribution in [0, 0.1) is 5.82 Å². The number of fused-ring (bicyclic) bond motifs is 1. The lowest BCUT2D eigenvalue weighted by Crippen LogP contribution is -2.25. The summed E-state index contributed by atoms with van der Waals surface area (Å²) in [4.78, 5) is 44.2. The molecular weight excluding hydrogens is 428 g/mol. The molecule has 0 aliphatic rings. The van der Waals surface area contributed by atoms with Gasteiger partial charge in [0.25, 0.3) is 0 Å². The van der Waals surface area contributed by atoms with Crippen molar-refractivity contribution in [2.45, 2.75) is 25.9 Å². The molecule has 0 fully saturated rings. The summed E-state index contributed by atoms with van der Waals surface area (Å²) in [5, 5.41) is 2.12. The summed E-state index contributed by atoms with van der Waals surface area (Å²) < 4.78 is 47.9. The Bertz CT molecular complexity index is 1150. The topological polar surface area (TPSA) is 68.3 Å². The maximum Gasteiger partial charge on any atom is 0.450 e. The molecule has 0 unspecified atom stereocenters. The van der Waals surface area contributed by atoms with E-state index in [1.54, 1.807) is 6.07 Å². The number of Topliss-reactive ketones (excluding diaryl/α,β-unsaturated/α-hetero) is 4. The van der Waals surface area contributed by atoms with E-state index in [2.05, 4.69) is 0 Å². The molecule has 0 N–H and O–H groups in total. The van der Waals surface area contributed by atoms with Crippen molar-refractivity contribution in [3.8, 4) is 0 Å². The van der Waals surface area contributed by atoms with Gasteiger partial charge >= 0.3 is 6.18 Å². The molecule has 0 bridgehead atoms. The van der Waals surface area contributed by atoms with E-state index < -0.39 is 30.0 Å². The fourth-order valence-electron chi connectivity index (χ4n) is 2.67. The van der Waals surface area contributed by atoms with Gasteiger partial charge in [-0.2, -0.15) is 13.2 Å². The van der Waals surface area contributed by atoms with Crippen molar-refractivity contribution in [1.82, 2.24) is 0 Å². The van der Waals surface area contributed by atoms with E-state index >= 15 is 0 Å². The van der Waals surface area contributed by atoms with E-state index in [4.69, 9.17) is 0 Å². The van der Waals surface area contributed by atoms with Crippen molar-refractivity contribution in [3.63, 3.8) is 0 Å². The van der Waals surface area contributed by atoms with Crippen molar-refractivity contribution in [2.24, 2.45) is 0 Å². The lowest BCUT2D eigenvalue weighted by Gasteiger charge is -2.04. The first-order valence-corrected chi connectivity index (χ1v) is 9.37. The molecule has 0 atom stereocenters. The van der Waals surface area contributed by atoms with Gasteiger partial charge in [-0.25, -0.2) is 4.39 Å². The Morgan fingerprint density at radius 1 is 0.719 bits per heavy atom. The van der Waals surface area contributed by atoms with E-state index in [9.17, 15) is 36.7 Å². The average Bonchev–Trinajstić information content (AvgIpc) is 2.73. The van der Waals surface area contributed by atoms with Crippen LogP contribution in [0.2, 0.25) is 0 Å². The monoisotopic (exact) mass is 446 g/mol. The number of carbonyl (C=O) groups is 4. The van der Waals surface area contributed by atoms with Gasteiger partial charge in [-0.3, -0.25) is 19.2 Å². The molecule has 32 heavy (non-hydrogen) atoms. The lowest BCUT2D eigenvalue weighted by molar-refractivity contribution is -0.170. The number of halogens is 4. The highest BCUT2D eigenvalue weighted by Crippen LogP contribution is 2.19. The zero-order valence-electron chi connectivity index (χ0n) is 16.9. The van der Waals surface area contributed by atoms with Gasteiger partial charge in [0, 0.05) is 11.1 Å². The van der Waals surface area contributed by atoms with Crippen LogP contribution < -0.4 is 0 Å². The van der Waals surface area contributed by atoms with Crippen LogP contribution in [0.3, 0.4) is 0 Å². The molecule has 0 aliphatic heterocycles. The van der Waals surface area contributed by atoms with Crippen molar-refractivity contribution in [1.29, 1.82) is 0 Å². The van der Waals surface area contributed by atoms with Gasteiger partial charge in [0.15, 0.2) is 11.6 Å². The summed E-state index contributed by atoms with van der Waals surface area (Å²) in [6.45, 7) is 1.43. The van der Waals surface area contributed by atoms with Gasteiger partial charge in [0.1, 0.15) is 11.6 Å². The van der Waals surface area contributed by atoms with Crippen LogP contribution in [0.15, 0.2) is 66.7 Å². The van der Waals surface area contributed by atoms with E-state index in [0.29, 0.717) is 5.56 Å². The van der Waals surface area contributed by atoms with Gasteiger partial charge in [-0.15, -0.1) is 0 Å². The predicted molar refractivity (Wildman–Crippen MR) is 110 cm³/mol. The fourth-order valence-corrected chi connectivity index (χ4v) is 2.67. The molecule has 3 aromatic carbocycles. The molecule has 0 spiro atoms. The summed E-state index contributed by atoms with van der Waals surface area (Å²) in [7, 11) is 0. The zero-order chi connectivity index (χ0) is 23.9. The smallest absolute Gasteiger partial charge is 0.300 e. The molecule has 0 radical (unpaired) electrons. The zero-order valence-corrected chi connectivity index (χ0v) is 16.9. The van der Waals surface area contributed by atoms with Gasteiger partial charge < -0.3 is 0 Å². The Kier molecular flexibility index (Phi) is 8.12. The van der Waals surface area contributed by atoms with Crippen molar-refractivity contribution < 1.29 is 36.7 Å². The minimum Gasteiger partial charge on any atom is -0.300 e. The largest absolute Gasteiger partial charge is 0.450 e. The summed E-state index contributed by atoms with van der Waals surface area (Å²) >= 11 is 0. The number of carbonyl (C=O) groups excluding carboxylic acids is 4. The minimum absolute atomic E-state index is 0.0155. The molecule has 0 aliphatic carbocycles. The molecular formula is C24H18F4O4. The first kappa shape index (κ1) is 24.6. The molecule has 0 saturated heterocycles. The quantitative estimate of drug-likeness (QED) is 0.284. The van der Waals surface area contributed by atoms with Crippen LogP contribution in [0.5, 0.6) is 0 Å². The number of benzene rings is 3. The van der Waals surface area contributed by atoms with Gasteiger partial charge in [0.05, 0.1) is 12.8 Å². The van der Waals surface area contributed by atoms with Crippen LogP contribution in [-0.2, 0) is 9.59 Å². The minimum atomic E-state index is -5.02. The normalized spacial score (nSPS) is 10.8. The average molecular weight is 446 g/mol. The highest BCUT2D eigenvalue weighted by molar-refractivity contribution is 6.09. The van der Waals surface area contributed by atoms with Crippen LogP contribution in [0.25, 0.3) is 10.8 Å². The standard InChI is InChI=1S/C14H12O2.C10H6F4O2/c1-10(15)8-14(16)13-7-6-11-4-2-3-5-12(11)9-13;11-7-3-1-6(2-4-7)8(15)5-9(16)10(12,13)14/h2-7,9H,8H2,1H3;1-4H,5H2. The Balaban J connectivity index is 0.000000227. The highest BCUT2D eigenvalue weighted by atomic mass is 19.4. The second kappa shape index (κ2) is 10.6. The fraction of sp³-hybridized carbons (Fsp3) is 0.167. The molecule has 3 rings (SSSR count). The van der Waals surface area contributed by atoms with Crippen LogP contribution in [-0.4, -0.2) is 29.3 Å². The summed E-state index contributed by atoms with van der Waals surface area (Å²) in [5.74, 6) is -3.92. The lowest BCUT2D eigenvalue weighted by atomic mass is 10.0. The molecule has 8 heteroatoms. The predicted octanol–water partition coefficient (Wildman–Crippen LogP) is 5.53. The van der Waals surface area contributed by atoms with E-state index in [0.717, 1.165) is 35.0 Å². The third-order valence-corrected chi connectivity index (χ3v) is 4.28. The maximum atomic E-state index is 12.4. The Morgan fingerprint density at radius 3 is 1.81 bits per heavy atom. The number of hydrogen-bond donors (Lipinski definition) is 0. The van der Waals surface area contributed by atoms with Crippen molar-refractivity contribution >= 4 is 33.9 Å². The second-order valence-corrected chi connectivity index (χ2v) is 6.89. The number of alkyl halides is 3. The molecule has 4 nitrogen and oxygen atoms in total. The number of rotatable bonds is 6. The van der Waals surface area contributed by atoms with E-state index in [-0.39, 0.29) is 23.6 Å². The van der Waals surface area contributed by atoms with E-state index in [1.807, 2.05) is 36.4 Å². The summed E-state index contributed by atoms with van der Waals surface area (Å²) in [5.41, 5.74) is 0.480. The second-order valence-electron chi connectivity index (χ2n) is 6.89. The van der Waals surface area contributed by atoms with Gasteiger partial charge in [-0.1, -0.05) is 36.4 Å². The summed E-state index contributed by atoms with van der Waals surface area (Å²) in [6.07, 6.45) is -6.29. The Labute approximate surface area is 180 Å². The third-order valence-electron chi connectivity index (χ3n) is 4.28. The SMILES string of the molecule is CC(=O)CC(=O)c1ccc2ccccc2c1.O=C(CC(=O)C(F)(F)F)c1ccc(F)cc1. The molecule has 166 valence electrons. The summed E-state index contributed by atoms with van der Waals surface area (Å²) in [6, 6.07) is 17.3. The van der Waals surface area contributed by atoms with Gasteiger partial charge in [0.2, 0.25) is 5.78 Å². The molecule has 0 saturated carbocycles. The third kappa shape index (κ3) is 7.23. The molecule has 0 aromatic heterocycles. The molecule has 0 amide bonds. The van der Waals surface area contributed by atoms with Crippen LogP contribution in [0.1, 0.15) is 40.5 Å². The first-order valence-electron chi connectivity index (χ1n) is 9.37. The van der Waals surface area contributed by atoms with Gasteiger partial charge in [-0.05, 0) is 48.0 Å². The van der Waals surface area contributed by atoms with Crippen molar-refractivity contribution in [2.75, 3.05) is 0 Å². The maximum absolute atomic E-state index is 12.4. The van der Waals surface area contributed by atoms with Crippen LogP contribution in [0.4, 0.5) is 17.6 Å². The Morgan fingerprint density at radius 2 is 1.25 bits per heavy atom. The van der Waals surface area contributed by atoms with Crippen LogP contribution >= 0.6 is 0 Å². The van der Waals surface area contributed by atoms with Crippen molar-refractivity contribution in [3.05, 3.63) is 83.7 Å². The van der Waals surface area contributed by atoms with E-state index in [1.165, 1.54) is 6.92 Å². The number of hydrogen-bond acceptors (Lipinski definition) is 4. The Hall–Kier alpha value is -3.68. The molecule has 3 aromatic rings. The first-order chi connectivity index (χ1) is 15.0. The highest BCUT2D eigenvalue weighted by Gasteiger charge is 2.39. The number of ketones is 4. The molecule has 0 heterocycles.